The number of carbonyl (C=O) groups is 2. The molecule has 19 heavy (non-hydrogen) atoms. The van der Waals surface area contributed by atoms with Gasteiger partial charge >= 0.3 is 0 Å². The maximum Gasteiger partial charge on any atom is 0.236 e. The van der Waals surface area contributed by atoms with Crippen LogP contribution in [0.5, 0.6) is 0 Å². The van der Waals surface area contributed by atoms with Gasteiger partial charge in [-0.1, -0.05) is 6.92 Å². The quantitative estimate of drug-likeness (QED) is 0.787. The normalized spacial score (nSPS) is 20.3. The smallest absolute Gasteiger partial charge is 0.236 e. The van der Waals surface area contributed by atoms with E-state index in [9.17, 15) is 9.59 Å². The predicted molar refractivity (Wildman–Crippen MR) is 73.7 cm³/mol. The van der Waals surface area contributed by atoms with Crippen LogP contribution in [0.3, 0.4) is 0 Å². The summed E-state index contributed by atoms with van der Waals surface area (Å²) < 4.78 is 0. The van der Waals surface area contributed by atoms with Crippen molar-refractivity contribution < 1.29 is 9.59 Å². The highest BCUT2D eigenvalue weighted by molar-refractivity contribution is 5.79. The third-order valence-electron chi connectivity index (χ3n) is 3.91. The predicted octanol–water partition coefficient (Wildman–Crippen LogP) is 0.457. The fraction of sp³-hybridized carbons (Fsp3) is 0.857. The van der Waals surface area contributed by atoms with Gasteiger partial charge in [0.2, 0.25) is 11.8 Å². The Morgan fingerprint density at radius 1 is 1.05 bits per heavy atom. The zero-order valence-corrected chi connectivity index (χ0v) is 11.9. The molecule has 0 radical (unpaired) electrons. The molecule has 1 aliphatic heterocycles. The minimum absolute atomic E-state index is 0.173. The van der Waals surface area contributed by atoms with Crippen LogP contribution >= 0.6 is 0 Å². The van der Waals surface area contributed by atoms with Crippen LogP contribution in [0.4, 0.5) is 0 Å². The molecule has 1 saturated carbocycles. The summed E-state index contributed by atoms with van der Waals surface area (Å²) in [5.41, 5.74) is 0. The zero-order valence-electron chi connectivity index (χ0n) is 11.9. The van der Waals surface area contributed by atoms with Crippen molar-refractivity contribution in [2.75, 3.05) is 39.3 Å². The van der Waals surface area contributed by atoms with E-state index in [2.05, 4.69) is 5.32 Å². The third-order valence-corrected chi connectivity index (χ3v) is 3.91. The lowest BCUT2D eigenvalue weighted by atomic mass is 10.3. The molecule has 0 bridgehead atoms. The maximum atomic E-state index is 12.1. The van der Waals surface area contributed by atoms with Crippen molar-refractivity contribution in [2.24, 2.45) is 5.92 Å². The Balaban J connectivity index is 1.71. The summed E-state index contributed by atoms with van der Waals surface area (Å²) in [6.07, 6.45) is 4.05. The first-order chi connectivity index (χ1) is 9.20. The average Bonchev–Trinajstić information content (AvgIpc) is 3.23. The molecule has 2 fully saturated rings. The second-order valence-electron chi connectivity index (χ2n) is 5.54. The summed E-state index contributed by atoms with van der Waals surface area (Å²) in [6, 6.07) is 0. The fourth-order valence-corrected chi connectivity index (χ4v) is 2.46. The number of nitrogens with one attached hydrogen (secondary N) is 1. The minimum atomic E-state index is 0.173. The van der Waals surface area contributed by atoms with E-state index in [0.29, 0.717) is 26.1 Å². The lowest BCUT2D eigenvalue weighted by molar-refractivity contribution is -0.132. The Hall–Kier alpha value is -1.10. The van der Waals surface area contributed by atoms with Crippen LogP contribution in [0.15, 0.2) is 0 Å². The summed E-state index contributed by atoms with van der Waals surface area (Å²) in [4.78, 5) is 27.5. The largest absolute Gasteiger partial charge is 0.341 e. The van der Waals surface area contributed by atoms with Gasteiger partial charge in [0.25, 0.3) is 0 Å². The molecular weight excluding hydrogens is 242 g/mol. The van der Waals surface area contributed by atoms with Crippen molar-refractivity contribution in [3.05, 3.63) is 0 Å². The van der Waals surface area contributed by atoms with Crippen LogP contribution in [-0.2, 0) is 9.59 Å². The average molecular weight is 267 g/mol. The first-order valence-corrected chi connectivity index (χ1v) is 7.47. The van der Waals surface area contributed by atoms with Gasteiger partial charge in [-0.25, -0.2) is 0 Å². The summed E-state index contributed by atoms with van der Waals surface area (Å²) in [5, 5.41) is 3.24. The molecule has 0 atom stereocenters. The van der Waals surface area contributed by atoms with Gasteiger partial charge in [-0.05, 0) is 31.7 Å². The van der Waals surface area contributed by atoms with Crippen LogP contribution in [0.25, 0.3) is 0 Å². The molecule has 2 aliphatic rings. The van der Waals surface area contributed by atoms with Gasteiger partial charge < -0.3 is 15.1 Å². The molecule has 0 spiro atoms. The van der Waals surface area contributed by atoms with Gasteiger partial charge in [0, 0.05) is 32.6 Å². The number of rotatable bonds is 5. The highest BCUT2D eigenvalue weighted by Gasteiger charge is 2.23. The number of nitrogens with zero attached hydrogens (tertiary/aromatic N) is 2. The van der Waals surface area contributed by atoms with E-state index >= 15 is 0 Å². The molecule has 0 aromatic rings. The Kier molecular flexibility index (Phi) is 5.19. The van der Waals surface area contributed by atoms with Crippen LogP contribution in [0.2, 0.25) is 0 Å². The van der Waals surface area contributed by atoms with E-state index in [0.717, 1.165) is 32.0 Å². The molecule has 5 nitrogen and oxygen atoms in total. The fourth-order valence-electron chi connectivity index (χ4n) is 2.46. The van der Waals surface area contributed by atoms with Gasteiger partial charge in [-0.2, -0.15) is 0 Å². The second-order valence-corrected chi connectivity index (χ2v) is 5.54. The van der Waals surface area contributed by atoms with Crippen LogP contribution in [0.1, 0.15) is 32.6 Å². The van der Waals surface area contributed by atoms with Gasteiger partial charge in [0.15, 0.2) is 0 Å². The SMILES string of the molecule is CCC(=O)N1CCCN(C(=O)CNCC2CC2)CC1. The van der Waals surface area contributed by atoms with Crippen molar-refractivity contribution in [3.8, 4) is 0 Å². The lowest BCUT2D eigenvalue weighted by Gasteiger charge is -2.22. The van der Waals surface area contributed by atoms with Gasteiger partial charge in [-0.3, -0.25) is 9.59 Å². The number of hydrogen-bond donors (Lipinski definition) is 1. The third kappa shape index (κ3) is 4.49. The van der Waals surface area contributed by atoms with E-state index in [4.69, 9.17) is 0 Å². The van der Waals surface area contributed by atoms with Crippen molar-refractivity contribution >= 4 is 11.8 Å². The molecule has 1 aliphatic carbocycles. The summed E-state index contributed by atoms with van der Waals surface area (Å²) in [5.74, 6) is 1.17. The molecule has 1 saturated heterocycles. The molecule has 0 aromatic heterocycles. The van der Waals surface area contributed by atoms with E-state index < -0.39 is 0 Å². The van der Waals surface area contributed by atoms with E-state index in [1.807, 2.05) is 16.7 Å². The van der Waals surface area contributed by atoms with Crippen molar-refractivity contribution in [1.29, 1.82) is 0 Å². The monoisotopic (exact) mass is 267 g/mol. The first-order valence-electron chi connectivity index (χ1n) is 7.47. The number of amides is 2. The Morgan fingerprint density at radius 3 is 2.26 bits per heavy atom. The van der Waals surface area contributed by atoms with Crippen LogP contribution in [-0.4, -0.2) is 60.9 Å². The van der Waals surface area contributed by atoms with Crippen LogP contribution < -0.4 is 5.32 Å². The van der Waals surface area contributed by atoms with E-state index in [-0.39, 0.29) is 11.8 Å². The van der Waals surface area contributed by atoms with E-state index in [1.54, 1.807) is 0 Å². The molecule has 5 heteroatoms. The van der Waals surface area contributed by atoms with Crippen molar-refractivity contribution in [3.63, 3.8) is 0 Å². The highest BCUT2D eigenvalue weighted by Crippen LogP contribution is 2.27. The second kappa shape index (κ2) is 6.89. The summed E-state index contributed by atoms with van der Waals surface area (Å²) >= 11 is 0. The molecule has 108 valence electrons. The maximum absolute atomic E-state index is 12.1. The Labute approximate surface area is 115 Å². The van der Waals surface area contributed by atoms with Crippen molar-refractivity contribution in [1.82, 2.24) is 15.1 Å². The molecular formula is C14H25N3O2. The molecule has 2 rings (SSSR count). The summed E-state index contributed by atoms with van der Waals surface area (Å²) in [7, 11) is 0. The zero-order chi connectivity index (χ0) is 13.7. The molecule has 2 amide bonds. The standard InChI is InChI=1S/C14H25N3O2/c1-2-13(18)16-6-3-7-17(9-8-16)14(19)11-15-10-12-4-5-12/h12,15H,2-11H2,1H3. The van der Waals surface area contributed by atoms with Crippen LogP contribution in [0, 0.1) is 5.92 Å². The van der Waals surface area contributed by atoms with Gasteiger partial charge in [0.05, 0.1) is 6.54 Å². The van der Waals surface area contributed by atoms with Crippen molar-refractivity contribution in [2.45, 2.75) is 32.6 Å². The lowest BCUT2D eigenvalue weighted by Crippen LogP contribution is -2.41. The van der Waals surface area contributed by atoms with E-state index in [1.165, 1.54) is 12.8 Å². The highest BCUT2D eigenvalue weighted by atomic mass is 16.2. The topological polar surface area (TPSA) is 52.7 Å². The Bertz CT molecular complexity index is 329. The van der Waals surface area contributed by atoms with Gasteiger partial charge in [0.1, 0.15) is 0 Å². The minimum Gasteiger partial charge on any atom is -0.341 e. The molecule has 1 heterocycles. The Morgan fingerprint density at radius 2 is 1.68 bits per heavy atom. The number of hydrogen-bond acceptors (Lipinski definition) is 3. The molecule has 0 aromatic carbocycles. The molecule has 0 unspecified atom stereocenters. The van der Waals surface area contributed by atoms with Gasteiger partial charge in [-0.15, -0.1) is 0 Å². The number of carbonyl (C=O) groups excluding carboxylic acids is 2. The molecule has 1 N–H and O–H groups in total. The summed E-state index contributed by atoms with van der Waals surface area (Å²) in [6.45, 7) is 6.22. The first kappa shape index (κ1) is 14.3.